The van der Waals surface area contributed by atoms with Crippen molar-refractivity contribution in [3.63, 3.8) is 0 Å². The average molecular weight is 293 g/mol. The number of rotatable bonds is 6. The molecule has 2 N–H and O–H groups in total. The van der Waals surface area contributed by atoms with Crippen molar-refractivity contribution in [2.75, 3.05) is 33.4 Å². The molecule has 0 aromatic carbocycles. The maximum absolute atomic E-state index is 12.0. The van der Waals surface area contributed by atoms with Crippen LogP contribution in [0.4, 0.5) is 0 Å². The fourth-order valence-corrected chi connectivity index (χ4v) is 2.64. The van der Waals surface area contributed by atoms with Crippen molar-refractivity contribution < 1.29 is 14.6 Å². The Labute approximate surface area is 125 Å². The Morgan fingerprint density at radius 1 is 1.57 bits per heavy atom. The minimum atomic E-state index is -0.131. The molecule has 2 heterocycles. The third kappa shape index (κ3) is 4.41. The summed E-state index contributed by atoms with van der Waals surface area (Å²) in [5.74, 6) is 0.298. The molecule has 1 aliphatic heterocycles. The monoisotopic (exact) mass is 293 g/mol. The number of aliphatic hydroxyl groups is 1. The van der Waals surface area contributed by atoms with E-state index in [0.29, 0.717) is 18.0 Å². The molecule has 2 rings (SSSR count). The number of pyridine rings is 1. The fraction of sp³-hybridized carbons (Fsp3) is 0.600. The molecule has 1 atom stereocenters. The number of amides is 1. The number of methoxy groups -OCH3 is 1. The molecule has 1 saturated heterocycles. The highest BCUT2D eigenvalue weighted by Crippen LogP contribution is 2.15. The number of carbonyl (C=O) groups excluding carboxylic acids is 1. The maximum atomic E-state index is 12.0. The van der Waals surface area contributed by atoms with Crippen LogP contribution in [0, 0.1) is 0 Å². The SMILES string of the molecule is COc1cc(C(=O)NCCN2CCCC[C@@H]2CO)ccn1. The molecule has 1 amide bonds. The molecule has 0 radical (unpaired) electrons. The van der Waals surface area contributed by atoms with Gasteiger partial charge in [-0.1, -0.05) is 6.42 Å². The second-order valence-electron chi connectivity index (χ2n) is 5.21. The van der Waals surface area contributed by atoms with Crippen LogP contribution in [-0.2, 0) is 0 Å². The van der Waals surface area contributed by atoms with Crippen LogP contribution in [0.15, 0.2) is 18.3 Å². The first-order valence-corrected chi connectivity index (χ1v) is 7.37. The molecule has 0 unspecified atom stereocenters. The number of carbonyl (C=O) groups is 1. The van der Waals surface area contributed by atoms with E-state index >= 15 is 0 Å². The first kappa shape index (κ1) is 15.7. The summed E-state index contributed by atoms with van der Waals surface area (Å²) in [6, 6.07) is 3.51. The van der Waals surface area contributed by atoms with Crippen LogP contribution < -0.4 is 10.1 Å². The molecule has 21 heavy (non-hydrogen) atoms. The third-order valence-electron chi connectivity index (χ3n) is 3.85. The van der Waals surface area contributed by atoms with Gasteiger partial charge in [0.1, 0.15) is 0 Å². The molecule has 6 nitrogen and oxygen atoms in total. The van der Waals surface area contributed by atoms with Gasteiger partial charge in [0.15, 0.2) is 0 Å². The standard InChI is InChI=1S/C15H23N3O3/c1-21-14-10-12(5-6-16-14)15(20)17-7-9-18-8-3-2-4-13(18)11-19/h5-6,10,13,19H,2-4,7-9,11H2,1H3,(H,17,20)/t13-/m1/s1. The molecule has 116 valence electrons. The van der Waals surface area contributed by atoms with E-state index in [-0.39, 0.29) is 18.6 Å². The molecule has 0 bridgehead atoms. The molecule has 1 aromatic rings. The normalized spacial score (nSPS) is 19.2. The molecular formula is C15H23N3O3. The number of likely N-dealkylation sites (tertiary alicyclic amines) is 1. The summed E-state index contributed by atoms with van der Waals surface area (Å²) < 4.78 is 5.01. The van der Waals surface area contributed by atoms with Gasteiger partial charge >= 0.3 is 0 Å². The highest BCUT2D eigenvalue weighted by Gasteiger charge is 2.21. The molecule has 0 aliphatic carbocycles. The largest absolute Gasteiger partial charge is 0.481 e. The molecule has 6 heteroatoms. The zero-order valence-corrected chi connectivity index (χ0v) is 12.4. The number of aromatic nitrogens is 1. The molecule has 1 fully saturated rings. The van der Waals surface area contributed by atoms with Gasteiger partial charge in [0.05, 0.1) is 13.7 Å². The summed E-state index contributed by atoms with van der Waals surface area (Å²) in [7, 11) is 1.52. The summed E-state index contributed by atoms with van der Waals surface area (Å²) in [5, 5.41) is 12.3. The lowest BCUT2D eigenvalue weighted by molar-refractivity contribution is 0.0849. The number of nitrogens with one attached hydrogen (secondary N) is 1. The summed E-state index contributed by atoms with van der Waals surface area (Å²) in [6.45, 7) is 2.51. The Hall–Kier alpha value is -1.66. The van der Waals surface area contributed by atoms with Gasteiger partial charge in [0, 0.05) is 37.0 Å². The minimum absolute atomic E-state index is 0.131. The highest BCUT2D eigenvalue weighted by molar-refractivity contribution is 5.94. The summed E-state index contributed by atoms with van der Waals surface area (Å²) in [4.78, 5) is 18.3. The van der Waals surface area contributed by atoms with Crippen LogP contribution in [0.3, 0.4) is 0 Å². The van der Waals surface area contributed by atoms with Crippen LogP contribution >= 0.6 is 0 Å². The number of hydrogen-bond acceptors (Lipinski definition) is 5. The summed E-state index contributed by atoms with van der Waals surface area (Å²) >= 11 is 0. The Morgan fingerprint density at radius 2 is 2.43 bits per heavy atom. The molecule has 0 saturated carbocycles. The first-order valence-electron chi connectivity index (χ1n) is 7.37. The van der Waals surface area contributed by atoms with E-state index in [1.807, 2.05) is 0 Å². The number of nitrogens with zero attached hydrogens (tertiary/aromatic N) is 2. The van der Waals surface area contributed by atoms with E-state index in [1.54, 1.807) is 18.3 Å². The minimum Gasteiger partial charge on any atom is -0.481 e. The van der Waals surface area contributed by atoms with E-state index in [2.05, 4.69) is 15.2 Å². The molecular weight excluding hydrogens is 270 g/mol. The predicted molar refractivity (Wildman–Crippen MR) is 79.4 cm³/mol. The third-order valence-corrected chi connectivity index (χ3v) is 3.85. The lowest BCUT2D eigenvalue weighted by atomic mass is 10.0. The van der Waals surface area contributed by atoms with E-state index < -0.39 is 0 Å². The molecule has 1 aromatic heterocycles. The number of aliphatic hydroxyl groups excluding tert-OH is 1. The number of hydrogen-bond donors (Lipinski definition) is 2. The van der Waals surface area contributed by atoms with Gasteiger partial charge in [-0.3, -0.25) is 9.69 Å². The number of ether oxygens (including phenoxy) is 1. The summed E-state index contributed by atoms with van der Waals surface area (Å²) in [6.07, 6.45) is 4.92. The van der Waals surface area contributed by atoms with Gasteiger partial charge in [-0.2, -0.15) is 0 Å². The van der Waals surface area contributed by atoms with Crippen LogP contribution in [0.5, 0.6) is 5.88 Å². The zero-order valence-electron chi connectivity index (χ0n) is 12.4. The van der Waals surface area contributed by atoms with Gasteiger partial charge in [-0.15, -0.1) is 0 Å². The van der Waals surface area contributed by atoms with Crippen molar-refractivity contribution in [1.82, 2.24) is 15.2 Å². The fourth-order valence-electron chi connectivity index (χ4n) is 2.64. The molecule has 0 spiro atoms. The van der Waals surface area contributed by atoms with E-state index in [9.17, 15) is 9.90 Å². The lowest BCUT2D eigenvalue weighted by Gasteiger charge is -2.34. The Morgan fingerprint density at radius 3 is 3.19 bits per heavy atom. The van der Waals surface area contributed by atoms with Gasteiger partial charge in [-0.25, -0.2) is 4.98 Å². The number of piperidine rings is 1. The van der Waals surface area contributed by atoms with Crippen molar-refractivity contribution in [1.29, 1.82) is 0 Å². The van der Waals surface area contributed by atoms with Gasteiger partial charge < -0.3 is 15.2 Å². The first-order chi connectivity index (χ1) is 10.2. The van der Waals surface area contributed by atoms with Crippen molar-refractivity contribution in [2.24, 2.45) is 0 Å². The Balaban J connectivity index is 1.80. The van der Waals surface area contributed by atoms with Crippen LogP contribution in [0.1, 0.15) is 29.6 Å². The average Bonchev–Trinajstić information content (AvgIpc) is 2.55. The van der Waals surface area contributed by atoms with Crippen molar-refractivity contribution in [2.45, 2.75) is 25.3 Å². The second kappa shape index (κ2) is 7.95. The van der Waals surface area contributed by atoms with Crippen LogP contribution in [-0.4, -0.2) is 60.3 Å². The zero-order chi connectivity index (χ0) is 15.1. The van der Waals surface area contributed by atoms with Gasteiger partial charge in [0.25, 0.3) is 5.91 Å². The van der Waals surface area contributed by atoms with E-state index in [1.165, 1.54) is 13.5 Å². The predicted octanol–water partition coefficient (Wildman–Crippen LogP) is 0.667. The Bertz CT molecular complexity index is 467. The summed E-state index contributed by atoms with van der Waals surface area (Å²) in [5.41, 5.74) is 0.541. The van der Waals surface area contributed by atoms with Crippen LogP contribution in [0.2, 0.25) is 0 Å². The maximum Gasteiger partial charge on any atom is 0.251 e. The van der Waals surface area contributed by atoms with Crippen molar-refractivity contribution in [3.8, 4) is 5.88 Å². The molecule has 1 aliphatic rings. The van der Waals surface area contributed by atoms with E-state index in [0.717, 1.165) is 25.9 Å². The van der Waals surface area contributed by atoms with E-state index in [4.69, 9.17) is 4.74 Å². The lowest BCUT2D eigenvalue weighted by Crippen LogP contribution is -2.45. The highest BCUT2D eigenvalue weighted by atomic mass is 16.5. The van der Waals surface area contributed by atoms with Crippen molar-refractivity contribution in [3.05, 3.63) is 23.9 Å². The smallest absolute Gasteiger partial charge is 0.251 e. The van der Waals surface area contributed by atoms with Crippen molar-refractivity contribution >= 4 is 5.91 Å². The van der Waals surface area contributed by atoms with Gasteiger partial charge in [-0.05, 0) is 25.5 Å². The quantitative estimate of drug-likeness (QED) is 0.806. The Kier molecular flexibility index (Phi) is 5.95. The topological polar surface area (TPSA) is 74.7 Å². The van der Waals surface area contributed by atoms with Gasteiger partial charge in [0.2, 0.25) is 5.88 Å². The van der Waals surface area contributed by atoms with Crippen LogP contribution in [0.25, 0.3) is 0 Å². The second-order valence-corrected chi connectivity index (χ2v) is 5.21.